The van der Waals surface area contributed by atoms with Crippen LogP contribution in [0, 0.1) is 0 Å². The van der Waals surface area contributed by atoms with Gasteiger partial charge in [0.15, 0.2) is 0 Å². The third kappa shape index (κ3) is 4.30. The number of carbonyl (C=O) groups excluding carboxylic acids is 1. The summed E-state index contributed by atoms with van der Waals surface area (Å²) in [6, 6.07) is 4.05. The van der Waals surface area contributed by atoms with Crippen molar-refractivity contribution in [1.82, 2.24) is 5.32 Å². The molecule has 4 nitrogen and oxygen atoms in total. The van der Waals surface area contributed by atoms with E-state index in [0.717, 1.165) is 29.2 Å². The third-order valence-electron chi connectivity index (χ3n) is 3.39. The largest absolute Gasteiger partial charge is 0.494 e. The van der Waals surface area contributed by atoms with Crippen LogP contribution in [0.4, 0.5) is 0 Å². The van der Waals surface area contributed by atoms with Gasteiger partial charge >= 0.3 is 0 Å². The van der Waals surface area contributed by atoms with E-state index < -0.39 is 0 Å². The topological polar surface area (TPSA) is 47.6 Å². The molecule has 21 heavy (non-hydrogen) atoms. The van der Waals surface area contributed by atoms with E-state index in [1.807, 2.05) is 25.3 Å². The van der Waals surface area contributed by atoms with E-state index in [1.54, 1.807) is 11.8 Å². The van der Waals surface area contributed by atoms with Crippen molar-refractivity contribution in [3.8, 4) is 11.5 Å². The summed E-state index contributed by atoms with van der Waals surface area (Å²) < 4.78 is 11.5. The number of hydrogen-bond donors (Lipinski definition) is 1. The first kappa shape index (κ1) is 16.0. The number of benzene rings is 1. The van der Waals surface area contributed by atoms with Gasteiger partial charge in [-0.25, -0.2) is 0 Å². The smallest absolute Gasteiger partial charge is 0.221 e. The summed E-state index contributed by atoms with van der Waals surface area (Å²) in [4.78, 5) is 11.7. The minimum Gasteiger partial charge on any atom is -0.494 e. The molecule has 0 saturated heterocycles. The normalized spacial score (nSPS) is 16.2. The first-order valence-corrected chi connectivity index (χ1v) is 8.74. The number of hydrogen-bond acceptors (Lipinski definition) is 4. The molecule has 1 aromatic carbocycles. The Morgan fingerprint density at radius 1 is 1.52 bits per heavy atom. The summed E-state index contributed by atoms with van der Waals surface area (Å²) in [6.07, 6.45) is 3.67. The van der Waals surface area contributed by atoms with Gasteiger partial charge in [-0.15, -0.1) is 0 Å². The number of fused-ring (bicyclic) bond motifs is 1. The summed E-state index contributed by atoms with van der Waals surface area (Å²) in [5.74, 6) is 2.68. The maximum absolute atomic E-state index is 11.7. The van der Waals surface area contributed by atoms with Crippen LogP contribution < -0.4 is 14.8 Å². The molecule has 0 aromatic heterocycles. The number of ether oxygens (including phenoxy) is 2. The Bertz CT molecular complexity index is 505. The zero-order chi connectivity index (χ0) is 15.2. The molecule has 116 valence electrons. The number of carbonyl (C=O) groups is 1. The van der Waals surface area contributed by atoms with Gasteiger partial charge in [0.1, 0.15) is 17.6 Å². The Kier molecular flexibility index (Phi) is 5.79. The van der Waals surface area contributed by atoms with Crippen molar-refractivity contribution in [1.29, 1.82) is 0 Å². The summed E-state index contributed by atoms with van der Waals surface area (Å²) in [6.45, 7) is 5.12. The number of rotatable bonds is 7. The van der Waals surface area contributed by atoms with Gasteiger partial charge in [0.2, 0.25) is 5.91 Å². The van der Waals surface area contributed by atoms with Gasteiger partial charge in [-0.2, -0.15) is 11.8 Å². The molecular formula is C16H23NO3S. The Morgan fingerprint density at radius 2 is 2.33 bits per heavy atom. The fourth-order valence-corrected chi connectivity index (χ4v) is 2.78. The van der Waals surface area contributed by atoms with Crippen LogP contribution in [0.3, 0.4) is 0 Å². The van der Waals surface area contributed by atoms with Crippen LogP contribution in [0.1, 0.15) is 31.4 Å². The van der Waals surface area contributed by atoms with Crippen LogP contribution in [-0.4, -0.2) is 30.6 Å². The van der Waals surface area contributed by atoms with E-state index in [2.05, 4.69) is 12.2 Å². The standard InChI is InChI=1S/C16H23NO3S/c1-4-19-14-8-12-7-11(2)20-15(12)9-13(14)10-17-16(18)5-6-21-3/h8-9,11H,4-7,10H2,1-3H3,(H,17,18)/t11-/m1/s1. The molecular weight excluding hydrogens is 286 g/mol. The predicted molar refractivity (Wildman–Crippen MR) is 86.3 cm³/mol. The first-order valence-electron chi connectivity index (χ1n) is 7.35. The monoisotopic (exact) mass is 309 g/mol. The number of amides is 1. The first-order chi connectivity index (χ1) is 10.1. The summed E-state index contributed by atoms with van der Waals surface area (Å²) in [7, 11) is 0. The fraction of sp³-hybridized carbons (Fsp3) is 0.562. The van der Waals surface area contributed by atoms with Gasteiger partial charge in [-0.1, -0.05) is 0 Å². The van der Waals surface area contributed by atoms with Crippen molar-refractivity contribution in [2.45, 2.75) is 39.3 Å². The second-order valence-corrected chi connectivity index (χ2v) is 6.14. The molecule has 1 aliphatic rings. The lowest BCUT2D eigenvalue weighted by Gasteiger charge is -2.13. The number of thioether (sulfide) groups is 1. The van der Waals surface area contributed by atoms with Crippen LogP contribution in [0.25, 0.3) is 0 Å². The van der Waals surface area contributed by atoms with Gasteiger partial charge in [-0.05, 0) is 32.2 Å². The minimum atomic E-state index is 0.0709. The molecule has 2 rings (SSSR count). The maximum Gasteiger partial charge on any atom is 0.221 e. The highest BCUT2D eigenvalue weighted by Gasteiger charge is 2.21. The molecule has 1 N–H and O–H groups in total. The highest BCUT2D eigenvalue weighted by Crippen LogP contribution is 2.35. The molecule has 1 aromatic rings. The Balaban J connectivity index is 2.07. The average Bonchev–Trinajstić information content (AvgIpc) is 2.82. The summed E-state index contributed by atoms with van der Waals surface area (Å²) in [5, 5.41) is 2.95. The van der Waals surface area contributed by atoms with Gasteiger partial charge in [0, 0.05) is 36.3 Å². The van der Waals surface area contributed by atoms with E-state index in [0.29, 0.717) is 19.6 Å². The lowest BCUT2D eigenvalue weighted by Crippen LogP contribution is -2.23. The van der Waals surface area contributed by atoms with Crippen LogP contribution in [0.2, 0.25) is 0 Å². The van der Waals surface area contributed by atoms with Gasteiger partial charge in [0.05, 0.1) is 6.61 Å². The minimum absolute atomic E-state index is 0.0709. The molecule has 0 radical (unpaired) electrons. The van der Waals surface area contributed by atoms with Crippen molar-refractivity contribution in [3.05, 3.63) is 23.3 Å². The Morgan fingerprint density at radius 3 is 3.05 bits per heavy atom. The summed E-state index contributed by atoms with van der Waals surface area (Å²) in [5.41, 5.74) is 2.16. The fourth-order valence-electron chi connectivity index (χ4n) is 2.39. The van der Waals surface area contributed by atoms with Gasteiger partial charge in [0.25, 0.3) is 0 Å². The van der Waals surface area contributed by atoms with Crippen molar-refractivity contribution in [2.75, 3.05) is 18.6 Å². The highest BCUT2D eigenvalue weighted by atomic mass is 32.2. The van der Waals surface area contributed by atoms with Crippen LogP contribution in [-0.2, 0) is 17.8 Å². The zero-order valence-corrected chi connectivity index (χ0v) is 13.7. The van der Waals surface area contributed by atoms with Crippen molar-refractivity contribution >= 4 is 17.7 Å². The lowest BCUT2D eigenvalue weighted by molar-refractivity contribution is -0.120. The third-order valence-corrected chi connectivity index (χ3v) is 4.00. The van der Waals surface area contributed by atoms with Gasteiger partial charge in [-0.3, -0.25) is 4.79 Å². The van der Waals surface area contributed by atoms with Crippen molar-refractivity contribution in [3.63, 3.8) is 0 Å². The molecule has 1 atom stereocenters. The van der Waals surface area contributed by atoms with Crippen molar-refractivity contribution < 1.29 is 14.3 Å². The molecule has 0 fully saturated rings. The second kappa shape index (κ2) is 7.59. The van der Waals surface area contributed by atoms with Crippen LogP contribution in [0.5, 0.6) is 11.5 Å². The Labute approximate surface area is 130 Å². The van der Waals surface area contributed by atoms with Crippen LogP contribution in [0.15, 0.2) is 12.1 Å². The van der Waals surface area contributed by atoms with Crippen molar-refractivity contribution in [2.24, 2.45) is 0 Å². The highest BCUT2D eigenvalue weighted by molar-refractivity contribution is 7.98. The molecule has 0 aliphatic carbocycles. The molecule has 0 spiro atoms. The number of nitrogens with one attached hydrogen (secondary N) is 1. The molecule has 1 heterocycles. The van der Waals surface area contributed by atoms with E-state index >= 15 is 0 Å². The van der Waals surface area contributed by atoms with E-state index in [9.17, 15) is 4.79 Å². The molecule has 1 aliphatic heterocycles. The van der Waals surface area contributed by atoms with E-state index in [-0.39, 0.29) is 12.0 Å². The Hall–Kier alpha value is -1.36. The quantitative estimate of drug-likeness (QED) is 0.841. The van der Waals surface area contributed by atoms with Gasteiger partial charge < -0.3 is 14.8 Å². The van der Waals surface area contributed by atoms with E-state index in [1.165, 1.54) is 5.56 Å². The summed E-state index contributed by atoms with van der Waals surface area (Å²) >= 11 is 1.67. The average molecular weight is 309 g/mol. The zero-order valence-electron chi connectivity index (χ0n) is 12.9. The maximum atomic E-state index is 11.7. The second-order valence-electron chi connectivity index (χ2n) is 5.15. The van der Waals surface area contributed by atoms with Crippen LogP contribution >= 0.6 is 11.8 Å². The van der Waals surface area contributed by atoms with E-state index in [4.69, 9.17) is 9.47 Å². The molecule has 0 unspecified atom stereocenters. The molecule has 0 bridgehead atoms. The predicted octanol–water partition coefficient (Wildman–Crippen LogP) is 2.78. The lowest BCUT2D eigenvalue weighted by atomic mass is 10.1. The molecule has 5 heteroatoms. The molecule has 1 amide bonds. The molecule has 0 saturated carbocycles. The SMILES string of the molecule is CCOc1cc2c(cc1CNC(=O)CCSC)O[C@H](C)C2.